The molecule has 0 spiro atoms. The lowest BCUT2D eigenvalue weighted by Crippen LogP contribution is -2.51. The van der Waals surface area contributed by atoms with Crippen LogP contribution in [0.25, 0.3) is 0 Å². The van der Waals surface area contributed by atoms with Crippen molar-refractivity contribution in [2.75, 3.05) is 0 Å². The molecule has 2 rings (SSSR count). The second kappa shape index (κ2) is 24.1. The van der Waals surface area contributed by atoms with Crippen molar-refractivity contribution in [3.8, 4) is 11.5 Å². The normalized spacial score (nSPS) is 12.2. The number of amides is 4. The summed E-state index contributed by atoms with van der Waals surface area (Å²) in [7, 11) is 0. The van der Waals surface area contributed by atoms with E-state index >= 15 is 0 Å². The molecule has 0 saturated heterocycles. The van der Waals surface area contributed by atoms with E-state index in [1.807, 2.05) is 26.0 Å². The van der Waals surface area contributed by atoms with Crippen molar-refractivity contribution < 1.29 is 29.4 Å². The van der Waals surface area contributed by atoms with Gasteiger partial charge < -0.3 is 10.2 Å². The molecule has 2 unspecified atom stereocenters. The van der Waals surface area contributed by atoms with E-state index in [1.54, 1.807) is 12.1 Å². The number of benzene rings is 2. The van der Waals surface area contributed by atoms with Crippen molar-refractivity contribution in [2.24, 2.45) is 11.8 Å². The number of hydrogen-bond donors (Lipinski definition) is 6. The highest BCUT2D eigenvalue weighted by atomic mass is 16.3. The zero-order chi connectivity index (χ0) is 36.7. The molecular formula is C40H62N4O6. The molecule has 0 aliphatic carbocycles. The maximum atomic E-state index is 13.7. The minimum atomic E-state index is -0.791. The first-order valence-electron chi connectivity index (χ1n) is 19.0. The number of rotatable bonds is 23. The highest BCUT2D eigenvalue weighted by Gasteiger charge is 2.34. The summed E-state index contributed by atoms with van der Waals surface area (Å²) in [5.74, 6) is -4.19. The third kappa shape index (κ3) is 14.0. The molecule has 2 aromatic rings. The van der Waals surface area contributed by atoms with E-state index in [0.717, 1.165) is 77.0 Å². The molecule has 4 amide bonds. The van der Waals surface area contributed by atoms with E-state index in [1.165, 1.54) is 12.1 Å². The lowest BCUT2D eigenvalue weighted by Gasteiger charge is -2.26. The van der Waals surface area contributed by atoms with Crippen LogP contribution in [-0.2, 0) is 22.4 Å². The maximum Gasteiger partial charge on any atom is 0.273 e. The maximum absolute atomic E-state index is 13.7. The zero-order valence-corrected chi connectivity index (χ0v) is 30.9. The number of carbonyl (C=O) groups excluding carboxylic acids is 4. The first-order chi connectivity index (χ1) is 24.2. The first-order valence-corrected chi connectivity index (χ1v) is 19.0. The van der Waals surface area contributed by atoms with Crippen molar-refractivity contribution in [1.29, 1.82) is 0 Å². The summed E-state index contributed by atoms with van der Waals surface area (Å²) in [6.07, 6.45) is 15.7. The van der Waals surface area contributed by atoms with Crippen LogP contribution in [-0.4, -0.2) is 33.8 Å². The molecule has 2 aromatic carbocycles. The average Bonchev–Trinajstić information content (AvgIpc) is 3.10. The number of hydrazine groups is 2. The highest BCUT2D eigenvalue weighted by molar-refractivity contribution is 6.00. The Morgan fingerprint density at radius 1 is 0.500 bits per heavy atom. The summed E-state index contributed by atoms with van der Waals surface area (Å²) in [6, 6.07) is 9.93. The van der Waals surface area contributed by atoms with Gasteiger partial charge in [-0.15, -0.1) is 0 Å². The third-order valence-electron chi connectivity index (χ3n) is 9.29. The summed E-state index contributed by atoms with van der Waals surface area (Å²) >= 11 is 0. The molecular weight excluding hydrogens is 632 g/mol. The van der Waals surface area contributed by atoms with Crippen molar-refractivity contribution in [2.45, 2.75) is 143 Å². The van der Waals surface area contributed by atoms with Gasteiger partial charge in [0.05, 0.1) is 23.0 Å². The summed E-state index contributed by atoms with van der Waals surface area (Å²) in [5, 5.41) is 21.1. The quantitative estimate of drug-likeness (QED) is 0.0512. The molecule has 50 heavy (non-hydrogen) atoms. The van der Waals surface area contributed by atoms with Crippen LogP contribution in [0, 0.1) is 11.8 Å². The number of nitrogens with one attached hydrogen (secondary N) is 4. The van der Waals surface area contributed by atoms with Gasteiger partial charge in [0.25, 0.3) is 11.8 Å². The number of phenols is 2. The fraction of sp³-hybridized carbons (Fsp3) is 0.600. The van der Waals surface area contributed by atoms with Gasteiger partial charge in [-0.05, 0) is 61.8 Å². The van der Waals surface area contributed by atoms with Gasteiger partial charge in [0.15, 0.2) is 0 Å². The zero-order valence-electron chi connectivity index (χ0n) is 30.9. The molecule has 0 bridgehead atoms. The van der Waals surface area contributed by atoms with Gasteiger partial charge in [0, 0.05) is 0 Å². The van der Waals surface area contributed by atoms with E-state index in [-0.39, 0.29) is 22.6 Å². The number of unbranched alkanes of at least 4 members (excludes halogenated alkanes) is 10. The van der Waals surface area contributed by atoms with Crippen LogP contribution >= 0.6 is 0 Å². The second-order valence-electron chi connectivity index (χ2n) is 13.3. The molecule has 0 heterocycles. The summed E-state index contributed by atoms with van der Waals surface area (Å²) in [5.41, 5.74) is 11.7. The molecule has 0 fully saturated rings. The van der Waals surface area contributed by atoms with Gasteiger partial charge in [-0.2, -0.15) is 0 Å². The van der Waals surface area contributed by atoms with Crippen molar-refractivity contribution in [1.82, 2.24) is 21.7 Å². The molecule has 0 saturated carbocycles. The standard InChI is InChI=1S/C40H62N4O6/c1-5-9-12-14-17-22-29-24-19-27-33(45)35(29)39(49)43-41-37(47)31(21-8-4)32(26-16-11-7-3)38(48)42-44-40(50)36-30(25-20-28-34(36)46)23-18-15-13-10-6-2/h19-20,24-25,27-28,31-32,45-46H,5-18,21-23,26H2,1-4H3,(H,41,47)(H,42,48)(H,43,49)(H,44,50). The summed E-state index contributed by atoms with van der Waals surface area (Å²) in [6.45, 7) is 8.27. The molecule has 10 nitrogen and oxygen atoms in total. The Kier molecular flexibility index (Phi) is 20.3. The predicted octanol–water partition coefficient (Wildman–Crippen LogP) is 7.96. The molecule has 6 N–H and O–H groups in total. The van der Waals surface area contributed by atoms with Gasteiger partial charge in [0.1, 0.15) is 11.5 Å². The largest absolute Gasteiger partial charge is 0.507 e. The Balaban J connectivity index is 2.15. The van der Waals surface area contributed by atoms with E-state index in [2.05, 4.69) is 35.6 Å². The van der Waals surface area contributed by atoms with Crippen LogP contribution in [0.2, 0.25) is 0 Å². The predicted molar refractivity (Wildman–Crippen MR) is 198 cm³/mol. The number of phenolic OH excluding ortho intramolecular Hbond substituents is 2. The molecule has 0 aliphatic rings. The SMILES string of the molecule is CCCCCCCc1cccc(O)c1C(=O)NNC(=O)C(CCC)C(CCCCC)C(=O)NNC(=O)c1c(O)cccc1CCCCCCC. The van der Waals surface area contributed by atoms with Crippen LogP contribution in [0.5, 0.6) is 11.5 Å². The van der Waals surface area contributed by atoms with Crippen LogP contribution in [0.4, 0.5) is 0 Å². The minimum Gasteiger partial charge on any atom is -0.507 e. The van der Waals surface area contributed by atoms with E-state index in [9.17, 15) is 29.4 Å². The molecule has 10 heteroatoms. The van der Waals surface area contributed by atoms with Gasteiger partial charge in [0.2, 0.25) is 11.8 Å². The number of carbonyl (C=O) groups is 4. The Morgan fingerprint density at radius 3 is 1.32 bits per heavy atom. The number of aryl methyl sites for hydroxylation is 2. The Bertz CT molecular complexity index is 1350. The Hall–Kier alpha value is -4.08. The average molecular weight is 695 g/mol. The lowest BCUT2D eigenvalue weighted by atomic mass is 9.83. The lowest BCUT2D eigenvalue weighted by molar-refractivity contribution is -0.136. The number of hydrogen-bond acceptors (Lipinski definition) is 6. The molecule has 0 aliphatic heterocycles. The first kappa shape index (κ1) is 42.1. The molecule has 2 atom stereocenters. The van der Waals surface area contributed by atoms with Crippen LogP contribution in [0.1, 0.15) is 162 Å². The highest BCUT2D eigenvalue weighted by Crippen LogP contribution is 2.27. The smallest absolute Gasteiger partial charge is 0.273 e. The Morgan fingerprint density at radius 2 is 0.900 bits per heavy atom. The van der Waals surface area contributed by atoms with E-state index in [0.29, 0.717) is 49.7 Å². The summed E-state index contributed by atoms with van der Waals surface area (Å²) < 4.78 is 0. The van der Waals surface area contributed by atoms with Crippen molar-refractivity contribution >= 4 is 23.6 Å². The van der Waals surface area contributed by atoms with Crippen molar-refractivity contribution in [3.05, 3.63) is 58.7 Å². The second-order valence-corrected chi connectivity index (χ2v) is 13.3. The van der Waals surface area contributed by atoms with Crippen LogP contribution in [0.3, 0.4) is 0 Å². The van der Waals surface area contributed by atoms with Crippen LogP contribution < -0.4 is 21.7 Å². The minimum absolute atomic E-state index is 0.125. The molecule has 0 aromatic heterocycles. The van der Waals surface area contributed by atoms with E-state index < -0.39 is 35.5 Å². The monoisotopic (exact) mass is 694 g/mol. The van der Waals surface area contributed by atoms with Crippen molar-refractivity contribution in [3.63, 3.8) is 0 Å². The summed E-state index contributed by atoms with van der Waals surface area (Å²) in [4.78, 5) is 53.8. The van der Waals surface area contributed by atoms with Gasteiger partial charge in [-0.3, -0.25) is 40.9 Å². The topological polar surface area (TPSA) is 157 Å². The fourth-order valence-corrected chi connectivity index (χ4v) is 6.45. The Labute approximate surface area is 299 Å². The van der Waals surface area contributed by atoms with Gasteiger partial charge >= 0.3 is 0 Å². The molecule has 278 valence electrons. The molecule has 0 radical (unpaired) electrons. The van der Waals surface area contributed by atoms with E-state index in [4.69, 9.17) is 0 Å². The fourth-order valence-electron chi connectivity index (χ4n) is 6.45. The van der Waals surface area contributed by atoms with Gasteiger partial charge in [-0.25, -0.2) is 0 Å². The number of aromatic hydroxyl groups is 2. The van der Waals surface area contributed by atoms with Gasteiger partial charge in [-0.1, -0.05) is 129 Å². The third-order valence-corrected chi connectivity index (χ3v) is 9.29. The van der Waals surface area contributed by atoms with Crippen LogP contribution in [0.15, 0.2) is 36.4 Å².